The fourth-order valence-electron chi connectivity index (χ4n) is 1.51. The number of halogens is 1. The minimum atomic E-state index is 0.660. The minimum absolute atomic E-state index is 0.660. The molecule has 0 fully saturated rings. The third-order valence-corrected chi connectivity index (χ3v) is 2.48. The van der Waals surface area contributed by atoms with Gasteiger partial charge in [-0.1, -0.05) is 17.7 Å². The van der Waals surface area contributed by atoms with Crippen LogP contribution < -0.4 is 0 Å². The van der Waals surface area contributed by atoms with Gasteiger partial charge in [0.25, 0.3) is 0 Å². The van der Waals surface area contributed by atoms with Crippen LogP contribution in [0.3, 0.4) is 0 Å². The normalized spacial score (nSPS) is 11.1. The largest absolute Gasteiger partial charge is 0.501 e. The van der Waals surface area contributed by atoms with E-state index in [9.17, 15) is 0 Å². The average Bonchev–Trinajstić information content (AvgIpc) is 2.29. The van der Waals surface area contributed by atoms with Gasteiger partial charge in [-0.3, -0.25) is 4.98 Å². The molecule has 2 nitrogen and oxygen atoms in total. The van der Waals surface area contributed by atoms with Crippen LogP contribution in [0.1, 0.15) is 12.6 Å². The number of ether oxygens (including phenoxy) is 1. The first-order valence-electron chi connectivity index (χ1n) is 5.13. The van der Waals surface area contributed by atoms with Crippen LogP contribution in [0.4, 0.5) is 0 Å². The SMILES string of the molecule is CCOC=Cc1nccc2cc(Cl)ccc12. The molecule has 0 spiro atoms. The van der Waals surface area contributed by atoms with Crippen molar-refractivity contribution < 1.29 is 4.74 Å². The van der Waals surface area contributed by atoms with Gasteiger partial charge in [-0.05, 0) is 36.6 Å². The summed E-state index contributed by atoms with van der Waals surface area (Å²) in [7, 11) is 0. The molecule has 0 aliphatic heterocycles. The molecule has 2 aromatic rings. The van der Waals surface area contributed by atoms with Crippen LogP contribution in [-0.2, 0) is 4.74 Å². The molecular weight excluding hydrogens is 222 g/mol. The van der Waals surface area contributed by atoms with Crippen LogP contribution in [0.2, 0.25) is 5.02 Å². The highest BCUT2D eigenvalue weighted by atomic mass is 35.5. The first-order valence-corrected chi connectivity index (χ1v) is 5.51. The van der Waals surface area contributed by atoms with E-state index in [4.69, 9.17) is 16.3 Å². The van der Waals surface area contributed by atoms with Crippen LogP contribution >= 0.6 is 11.6 Å². The Hall–Kier alpha value is -1.54. The maximum atomic E-state index is 5.93. The van der Waals surface area contributed by atoms with E-state index in [1.807, 2.05) is 37.3 Å². The molecule has 0 aliphatic rings. The highest BCUT2D eigenvalue weighted by Gasteiger charge is 1.99. The van der Waals surface area contributed by atoms with Crippen LogP contribution in [0, 0.1) is 0 Å². The van der Waals surface area contributed by atoms with Gasteiger partial charge in [0.05, 0.1) is 18.6 Å². The Morgan fingerprint density at radius 1 is 1.38 bits per heavy atom. The fraction of sp³-hybridized carbons (Fsp3) is 0.154. The molecule has 1 aromatic heterocycles. The number of rotatable bonds is 3. The molecular formula is C13H12ClNO. The standard InChI is InChI=1S/C13H12ClNO/c1-2-16-8-6-13-12-4-3-11(14)9-10(12)5-7-15-13/h3-9H,2H2,1H3. The van der Waals surface area contributed by atoms with Crippen LogP contribution in [0.25, 0.3) is 16.8 Å². The number of pyridine rings is 1. The molecule has 0 atom stereocenters. The third-order valence-electron chi connectivity index (χ3n) is 2.25. The first-order chi connectivity index (χ1) is 7.81. The summed E-state index contributed by atoms with van der Waals surface area (Å²) in [5.41, 5.74) is 0.891. The summed E-state index contributed by atoms with van der Waals surface area (Å²) in [4.78, 5) is 4.30. The Morgan fingerprint density at radius 3 is 3.06 bits per heavy atom. The zero-order valence-electron chi connectivity index (χ0n) is 8.98. The first kappa shape index (κ1) is 11.0. The third kappa shape index (κ3) is 2.34. The van der Waals surface area contributed by atoms with Crippen molar-refractivity contribution in [3.05, 3.63) is 47.4 Å². The van der Waals surface area contributed by atoms with Crippen molar-refractivity contribution in [1.29, 1.82) is 0 Å². The molecule has 16 heavy (non-hydrogen) atoms. The molecule has 0 saturated heterocycles. The van der Waals surface area contributed by atoms with E-state index in [-0.39, 0.29) is 0 Å². The number of nitrogens with zero attached hydrogens (tertiary/aromatic N) is 1. The second kappa shape index (κ2) is 4.99. The Balaban J connectivity index is 2.45. The van der Waals surface area contributed by atoms with Crippen molar-refractivity contribution in [2.75, 3.05) is 6.61 Å². The zero-order valence-corrected chi connectivity index (χ0v) is 9.74. The summed E-state index contributed by atoms with van der Waals surface area (Å²) >= 11 is 5.93. The number of aromatic nitrogens is 1. The predicted molar refractivity (Wildman–Crippen MR) is 67.4 cm³/mol. The highest BCUT2D eigenvalue weighted by Crippen LogP contribution is 2.21. The van der Waals surface area contributed by atoms with Gasteiger partial charge in [0.1, 0.15) is 0 Å². The van der Waals surface area contributed by atoms with Gasteiger partial charge in [0.15, 0.2) is 0 Å². The smallest absolute Gasteiger partial charge is 0.0850 e. The molecule has 0 amide bonds. The monoisotopic (exact) mass is 233 g/mol. The van der Waals surface area contributed by atoms with E-state index in [1.165, 1.54) is 0 Å². The van der Waals surface area contributed by atoms with Gasteiger partial charge in [-0.2, -0.15) is 0 Å². The molecule has 3 heteroatoms. The predicted octanol–water partition coefficient (Wildman–Crippen LogP) is 3.90. The van der Waals surface area contributed by atoms with Crippen LogP contribution in [0.15, 0.2) is 36.7 Å². The van der Waals surface area contributed by atoms with Crippen molar-refractivity contribution in [3.63, 3.8) is 0 Å². The summed E-state index contributed by atoms with van der Waals surface area (Å²) < 4.78 is 5.16. The Morgan fingerprint density at radius 2 is 2.25 bits per heavy atom. The molecule has 0 radical (unpaired) electrons. The van der Waals surface area contributed by atoms with E-state index < -0.39 is 0 Å². The zero-order chi connectivity index (χ0) is 11.4. The van der Waals surface area contributed by atoms with Crippen molar-refractivity contribution in [3.8, 4) is 0 Å². The maximum absolute atomic E-state index is 5.93. The van der Waals surface area contributed by atoms with E-state index in [2.05, 4.69) is 4.98 Å². The van der Waals surface area contributed by atoms with Gasteiger partial charge in [-0.15, -0.1) is 0 Å². The van der Waals surface area contributed by atoms with Gasteiger partial charge in [0.2, 0.25) is 0 Å². The summed E-state index contributed by atoms with van der Waals surface area (Å²) in [5.74, 6) is 0. The molecule has 1 heterocycles. The van der Waals surface area contributed by atoms with Crippen molar-refractivity contribution in [2.24, 2.45) is 0 Å². The van der Waals surface area contributed by atoms with Crippen molar-refractivity contribution in [1.82, 2.24) is 4.98 Å². The Labute approximate surface area is 99.5 Å². The molecule has 0 saturated carbocycles. The minimum Gasteiger partial charge on any atom is -0.501 e. The lowest BCUT2D eigenvalue weighted by Gasteiger charge is -2.01. The van der Waals surface area contributed by atoms with E-state index in [0.717, 1.165) is 21.5 Å². The molecule has 1 aromatic carbocycles. The average molecular weight is 234 g/mol. The Bertz CT molecular complexity index is 522. The number of fused-ring (bicyclic) bond motifs is 1. The molecule has 0 N–H and O–H groups in total. The van der Waals surface area contributed by atoms with Crippen molar-refractivity contribution in [2.45, 2.75) is 6.92 Å². The van der Waals surface area contributed by atoms with Crippen LogP contribution in [0.5, 0.6) is 0 Å². The molecule has 0 bridgehead atoms. The number of hydrogen-bond donors (Lipinski definition) is 0. The van der Waals surface area contributed by atoms with Gasteiger partial charge < -0.3 is 4.74 Å². The lowest BCUT2D eigenvalue weighted by molar-refractivity contribution is 0.272. The highest BCUT2D eigenvalue weighted by molar-refractivity contribution is 6.31. The quantitative estimate of drug-likeness (QED) is 0.751. The molecule has 0 aliphatic carbocycles. The van der Waals surface area contributed by atoms with E-state index in [1.54, 1.807) is 12.5 Å². The van der Waals surface area contributed by atoms with Gasteiger partial charge in [-0.25, -0.2) is 0 Å². The topological polar surface area (TPSA) is 22.1 Å². The molecule has 0 unspecified atom stereocenters. The fourth-order valence-corrected chi connectivity index (χ4v) is 1.69. The molecule has 82 valence electrons. The van der Waals surface area contributed by atoms with Gasteiger partial charge in [0, 0.05) is 16.6 Å². The van der Waals surface area contributed by atoms with E-state index in [0.29, 0.717) is 6.61 Å². The van der Waals surface area contributed by atoms with Crippen LogP contribution in [-0.4, -0.2) is 11.6 Å². The number of hydrogen-bond acceptors (Lipinski definition) is 2. The summed E-state index contributed by atoms with van der Waals surface area (Å²) in [6.45, 7) is 2.60. The second-order valence-electron chi connectivity index (χ2n) is 3.32. The maximum Gasteiger partial charge on any atom is 0.0850 e. The second-order valence-corrected chi connectivity index (χ2v) is 3.76. The van der Waals surface area contributed by atoms with E-state index >= 15 is 0 Å². The lowest BCUT2D eigenvalue weighted by atomic mass is 10.1. The summed E-state index contributed by atoms with van der Waals surface area (Å²) in [6, 6.07) is 7.70. The molecule has 2 rings (SSSR count). The summed E-state index contributed by atoms with van der Waals surface area (Å²) in [5, 5.41) is 2.89. The Kier molecular flexibility index (Phi) is 3.42. The summed E-state index contributed by atoms with van der Waals surface area (Å²) in [6.07, 6.45) is 5.29. The van der Waals surface area contributed by atoms with Gasteiger partial charge >= 0.3 is 0 Å². The lowest BCUT2D eigenvalue weighted by Crippen LogP contribution is -1.84. The van der Waals surface area contributed by atoms with Crippen molar-refractivity contribution >= 4 is 28.4 Å². The number of benzene rings is 1.